The number of amides is 1. The van der Waals surface area contributed by atoms with Gasteiger partial charge in [-0.05, 0) is 42.2 Å². The molecule has 4 rings (SSSR count). The monoisotopic (exact) mass is 572 g/mol. The number of nitrogens with zero attached hydrogens (tertiary/aromatic N) is 4. The maximum Gasteiger partial charge on any atom is 0.254 e. The third-order valence-electron chi connectivity index (χ3n) is 6.84. The standard InChI is InChI=1S/C29H37ClN4O4S/c1-22(2)19-34-27(18-31-29(34)39(36,37)21-25-8-5-4-7-23(25)3)20-33(12-11-32-13-15-38-16-14-32)28(35)24-9-6-10-26(30)17-24/h4-10,17-18,22H,11-16,19-21H2,1-3H3. The first kappa shape index (κ1) is 29.3. The molecule has 0 atom stereocenters. The Kier molecular flexibility index (Phi) is 9.82. The number of ether oxygens (including phenoxy) is 1. The Labute approximate surface area is 236 Å². The zero-order valence-corrected chi connectivity index (χ0v) is 24.4. The molecule has 1 amide bonds. The lowest BCUT2D eigenvalue weighted by molar-refractivity contribution is 0.0319. The average molecular weight is 573 g/mol. The van der Waals surface area contributed by atoms with Crippen molar-refractivity contribution in [1.82, 2.24) is 19.4 Å². The van der Waals surface area contributed by atoms with E-state index in [1.165, 1.54) is 0 Å². The van der Waals surface area contributed by atoms with E-state index in [2.05, 4.69) is 9.88 Å². The fraction of sp³-hybridized carbons (Fsp3) is 0.448. The summed E-state index contributed by atoms with van der Waals surface area (Å²) in [4.78, 5) is 22.1. The first-order valence-electron chi connectivity index (χ1n) is 13.3. The van der Waals surface area contributed by atoms with Crippen LogP contribution in [-0.4, -0.2) is 73.1 Å². The van der Waals surface area contributed by atoms with Gasteiger partial charge in [0.05, 0.1) is 37.4 Å². The Balaban J connectivity index is 1.64. The third-order valence-corrected chi connectivity index (χ3v) is 8.64. The van der Waals surface area contributed by atoms with Gasteiger partial charge in [-0.25, -0.2) is 13.4 Å². The minimum Gasteiger partial charge on any atom is -0.379 e. The zero-order valence-electron chi connectivity index (χ0n) is 22.8. The number of carbonyl (C=O) groups excluding carboxylic acids is 1. The first-order chi connectivity index (χ1) is 18.6. The van der Waals surface area contributed by atoms with Gasteiger partial charge in [-0.3, -0.25) is 9.69 Å². The molecule has 0 unspecified atom stereocenters. The summed E-state index contributed by atoms with van der Waals surface area (Å²) in [5.74, 6) is -0.112. The van der Waals surface area contributed by atoms with Crippen molar-refractivity contribution < 1.29 is 17.9 Å². The van der Waals surface area contributed by atoms with Gasteiger partial charge in [0, 0.05) is 43.3 Å². The summed E-state index contributed by atoms with van der Waals surface area (Å²) < 4.78 is 34.4. The van der Waals surface area contributed by atoms with Crippen molar-refractivity contribution in [1.29, 1.82) is 0 Å². The highest BCUT2D eigenvalue weighted by Gasteiger charge is 2.27. The summed E-state index contributed by atoms with van der Waals surface area (Å²) >= 11 is 6.19. The SMILES string of the molecule is Cc1ccccc1CS(=O)(=O)c1ncc(CN(CCN2CCOCC2)C(=O)c2cccc(Cl)c2)n1CC(C)C. The van der Waals surface area contributed by atoms with Crippen molar-refractivity contribution in [3.8, 4) is 0 Å². The van der Waals surface area contributed by atoms with E-state index in [1.54, 1.807) is 39.9 Å². The Morgan fingerprint density at radius 2 is 1.87 bits per heavy atom. The molecule has 0 saturated carbocycles. The summed E-state index contributed by atoms with van der Waals surface area (Å²) in [7, 11) is -3.73. The van der Waals surface area contributed by atoms with Crippen molar-refractivity contribution in [2.45, 2.75) is 44.8 Å². The molecule has 1 aromatic heterocycles. The Hall–Kier alpha value is -2.72. The molecule has 10 heteroatoms. The lowest BCUT2D eigenvalue weighted by atomic mass is 10.1. The van der Waals surface area contributed by atoms with Crippen LogP contribution >= 0.6 is 11.6 Å². The van der Waals surface area contributed by atoms with E-state index >= 15 is 0 Å². The molecule has 0 bridgehead atoms. The van der Waals surface area contributed by atoms with Crippen LogP contribution in [0.1, 0.15) is 41.0 Å². The second-order valence-electron chi connectivity index (χ2n) is 10.4. The van der Waals surface area contributed by atoms with Crippen LogP contribution in [0, 0.1) is 12.8 Å². The van der Waals surface area contributed by atoms with Crippen LogP contribution in [0.4, 0.5) is 0 Å². The van der Waals surface area contributed by atoms with Crippen LogP contribution in [-0.2, 0) is 33.4 Å². The molecule has 1 aliphatic rings. The van der Waals surface area contributed by atoms with Gasteiger partial charge in [0.2, 0.25) is 15.0 Å². The normalized spacial score (nSPS) is 14.6. The molecule has 1 aliphatic heterocycles. The Morgan fingerprint density at radius 3 is 2.56 bits per heavy atom. The predicted octanol–water partition coefficient (Wildman–Crippen LogP) is 4.45. The highest BCUT2D eigenvalue weighted by Crippen LogP contribution is 2.22. The molecular formula is C29H37ClN4O4S. The molecule has 1 saturated heterocycles. The van der Waals surface area contributed by atoms with Gasteiger partial charge >= 0.3 is 0 Å². The smallest absolute Gasteiger partial charge is 0.254 e. The summed E-state index contributed by atoms with van der Waals surface area (Å²) in [5.41, 5.74) is 2.85. The predicted molar refractivity (Wildman–Crippen MR) is 153 cm³/mol. The minimum atomic E-state index is -3.73. The van der Waals surface area contributed by atoms with Crippen LogP contribution in [0.15, 0.2) is 59.9 Å². The van der Waals surface area contributed by atoms with E-state index in [0.29, 0.717) is 49.1 Å². The zero-order chi connectivity index (χ0) is 28.0. The van der Waals surface area contributed by atoms with Crippen LogP contribution < -0.4 is 0 Å². The van der Waals surface area contributed by atoms with Crippen molar-refractivity contribution in [3.63, 3.8) is 0 Å². The number of benzene rings is 2. The molecule has 0 radical (unpaired) electrons. The summed E-state index contributed by atoms with van der Waals surface area (Å²) in [6.07, 6.45) is 1.60. The highest BCUT2D eigenvalue weighted by atomic mass is 35.5. The molecule has 2 aromatic carbocycles. The lowest BCUT2D eigenvalue weighted by Gasteiger charge is -2.30. The van der Waals surface area contributed by atoms with Crippen molar-refractivity contribution in [2.75, 3.05) is 39.4 Å². The second kappa shape index (κ2) is 13.1. The Morgan fingerprint density at radius 1 is 1.13 bits per heavy atom. The lowest BCUT2D eigenvalue weighted by Crippen LogP contribution is -2.43. The van der Waals surface area contributed by atoms with Crippen molar-refractivity contribution >= 4 is 27.3 Å². The molecule has 39 heavy (non-hydrogen) atoms. The van der Waals surface area contributed by atoms with E-state index in [1.807, 2.05) is 45.0 Å². The number of rotatable bonds is 11. The third kappa shape index (κ3) is 7.69. The number of sulfone groups is 1. The topological polar surface area (TPSA) is 84.7 Å². The van der Waals surface area contributed by atoms with E-state index in [-0.39, 0.29) is 29.3 Å². The quantitative estimate of drug-likeness (QED) is 0.337. The van der Waals surface area contributed by atoms with E-state index in [4.69, 9.17) is 16.3 Å². The maximum absolute atomic E-state index is 13.7. The van der Waals surface area contributed by atoms with E-state index < -0.39 is 9.84 Å². The van der Waals surface area contributed by atoms with Gasteiger partial charge in [0.25, 0.3) is 5.91 Å². The van der Waals surface area contributed by atoms with Crippen molar-refractivity contribution in [2.24, 2.45) is 5.92 Å². The van der Waals surface area contributed by atoms with Gasteiger partial charge < -0.3 is 14.2 Å². The minimum absolute atomic E-state index is 0.0396. The number of hydrogen-bond donors (Lipinski definition) is 0. The fourth-order valence-electron chi connectivity index (χ4n) is 4.71. The summed E-state index contributed by atoms with van der Waals surface area (Å²) in [5, 5.41) is 0.529. The number of carbonyl (C=O) groups is 1. The van der Waals surface area contributed by atoms with Gasteiger partial charge in [-0.1, -0.05) is 55.8 Å². The van der Waals surface area contributed by atoms with E-state index in [0.717, 1.165) is 24.2 Å². The van der Waals surface area contributed by atoms with Gasteiger partial charge in [-0.15, -0.1) is 0 Å². The van der Waals surface area contributed by atoms with Crippen LogP contribution in [0.25, 0.3) is 0 Å². The summed E-state index contributed by atoms with van der Waals surface area (Å²) in [6, 6.07) is 14.4. The number of hydrogen-bond acceptors (Lipinski definition) is 6. The molecule has 1 fully saturated rings. The number of halogens is 1. The molecule has 3 aromatic rings. The van der Waals surface area contributed by atoms with Crippen LogP contribution in [0.2, 0.25) is 5.02 Å². The highest BCUT2D eigenvalue weighted by molar-refractivity contribution is 7.90. The average Bonchev–Trinajstić information content (AvgIpc) is 3.30. The largest absolute Gasteiger partial charge is 0.379 e. The van der Waals surface area contributed by atoms with Gasteiger partial charge in [-0.2, -0.15) is 0 Å². The summed E-state index contributed by atoms with van der Waals surface area (Å²) in [6.45, 7) is 10.8. The number of aromatic nitrogens is 2. The maximum atomic E-state index is 13.7. The molecular weight excluding hydrogens is 536 g/mol. The molecule has 2 heterocycles. The first-order valence-corrected chi connectivity index (χ1v) is 15.3. The molecule has 8 nitrogen and oxygen atoms in total. The Bertz CT molecular complexity index is 1380. The molecule has 0 spiro atoms. The van der Waals surface area contributed by atoms with Gasteiger partial charge in [0.15, 0.2) is 0 Å². The van der Waals surface area contributed by atoms with Gasteiger partial charge in [0.1, 0.15) is 0 Å². The fourth-order valence-corrected chi connectivity index (χ4v) is 6.50. The molecule has 210 valence electrons. The number of aryl methyl sites for hydroxylation is 1. The van der Waals surface area contributed by atoms with Crippen LogP contribution in [0.5, 0.6) is 0 Å². The number of morpholine rings is 1. The second-order valence-corrected chi connectivity index (χ2v) is 12.7. The van der Waals surface area contributed by atoms with Crippen LogP contribution in [0.3, 0.4) is 0 Å². The molecule has 0 N–H and O–H groups in total. The van der Waals surface area contributed by atoms with Crippen molar-refractivity contribution in [3.05, 3.63) is 82.1 Å². The number of imidazole rings is 1. The molecule has 0 aliphatic carbocycles. The van der Waals surface area contributed by atoms with E-state index in [9.17, 15) is 13.2 Å².